The van der Waals surface area contributed by atoms with E-state index in [1.54, 1.807) is 16.6 Å². The van der Waals surface area contributed by atoms with Crippen LogP contribution in [0.4, 0.5) is 5.69 Å². The minimum absolute atomic E-state index is 0.115. The molecule has 1 heterocycles. The number of carbonyl (C=O) groups is 1. The number of carbonyl (C=O) groups excluding carboxylic acids is 1. The number of rotatable bonds is 4. The summed E-state index contributed by atoms with van der Waals surface area (Å²) in [7, 11) is 1.75. The third-order valence-electron chi connectivity index (χ3n) is 3.60. The van der Waals surface area contributed by atoms with Crippen molar-refractivity contribution in [1.82, 2.24) is 14.7 Å². The smallest absolute Gasteiger partial charge is 0.274 e. The third-order valence-corrected chi connectivity index (χ3v) is 3.84. The van der Waals surface area contributed by atoms with Crippen molar-refractivity contribution in [1.29, 1.82) is 0 Å². The maximum absolute atomic E-state index is 12.7. The molecule has 1 amide bonds. The maximum atomic E-state index is 12.7. The average molecular weight is 307 g/mol. The highest BCUT2D eigenvalue weighted by atomic mass is 35.5. The Balaban J connectivity index is 2.28. The normalized spacial score (nSPS) is 12.2. The predicted octanol–water partition coefficient (Wildman–Crippen LogP) is 2.97. The Kier molecular flexibility index (Phi) is 4.53. The standard InChI is InChI=1S/C15H19ClN4O/c1-4-20-14(13(17)9-18-20)15(21)19(3)10(2)11-6-5-7-12(16)8-11/h5-10H,4,17H2,1-3H3. The highest BCUT2D eigenvalue weighted by molar-refractivity contribution is 6.30. The number of halogens is 1. The molecule has 2 aromatic rings. The molecule has 0 aliphatic carbocycles. The van der Waals surface area contributed by atoms with Crippen LogP contribution >= 0.6 is 11.6 Å². The van der Waals surface area contributed by atoms with E-state index >= 15 is 0 Å². The zero-order valence-corrected chi connectivity index (χ0v) is 13.1. The van der Waals surface area contributed by atoms with Crippen LogP contribution in [0.2, 0.25) is 5.02 Å². The molecule has 21 heavy (non-hydrogen) atoms. The molecule has 112 valence electrons. The summed E-state index contributed by atoms with van der Waals surface area (Å²) in [6.45, 7) is 4.47. The van der Waals surface area contributed by atoms with E-state index in [4.69, 9.17) is 17.3 Å². The van der Waals surface area contributed by atoms with Gasteiger partial charge in [-0.2, -0.15) is 5.10 Å². The first-order chi connectivity index (χ1) is 9.95. The number of hydrogen-bond donors (Lipinski definition) is 1. The molecule has 5 nitrogen and oxygen atoms in total. The van der Waals surface area contributed by atoms with Crippen LogP contribution in [0.1, 0.15) is 35.9 Å². The van der Waals surface area contributed by atoms with Gasteiger partial charge in [0.15, 0.2) is 0 Å². The van der Waals surface area contributed by atoms with Crippen LogP contribution in [-0.2, 0) is 6.54 Å². The molecular formula is C15H19ClN4O. The Hall–Kier alpha value is -2.01. The molecule has 1 aromatic carbocycles. The van der Waals surface area contributed by atoms with Crippen molar-refractivity contribution in [2.45, 2.75) is 26.4 Å². The van der Waals surface area contributed by atoms with Crippen molar-refractivity contribution in [3.63, 3.8) is 0 Å². The number of aryl methyl sites for hydroxylation is 1. The Morgan fingerprint density at radius 1 is 1.52 bits per heavy atom. The Bertz CT molecular complexity index is 653. The van der Waals surface area contributed by atoms with E-state index in [1.165, 1.54) is 6.20 Å². The van der Waals surface area contributed by atoms with Crippen molar-refractivity contribution in [3.05, 3.63) is 46.7 Å². The van der Waals surface area contributed by atoms with E-state index in [9.17, 15) is 4.79 Å². The number of amides is 1. The van der Waals surface area contributed by atoms with E-state index < -0.39 is 0 Å². The summed E-state index contributed by atoms with van der Waals surface area (Å²) in [4.78, 5) is 14.3. The second kappa shape index (κ2) is 6.18. The van der Waals surface area contributed by atoms with Crippen LogP contribution in [0.25, 0.3) is 0 Å². The van der Waals surface area contributed by atoms with E-state index in [1.807, 2.05) is 38.1 Å². The number of nitrogens with two attached hydrogens (primary N) is 1. The van der Waals surface area contributed by atoms with Gasteiger partial charge in [0.2, 0.25) is 0 Å². The molecule has 2 N–H and O–H groups in total. The fourth-order valence-electron chi connectivity index (χ4n) is 2.21. The minimum Gasteiger partial charge on any atom is -0.396 e. The topological polar surface area (TPSA) is 64.2 Å². The minimum atomic E-state index is -0.153. The maximum Gasteiger partial charge on any atom is 0.274 e. The number of hydrogen-bond acceptors (Lipinski definition) is 3. The van der Waals surface area contributed by atoms with Crippen LogP contribution in [-0.4, -0.2) is 27.6 Å². The molecule has 0 radical (unpaired) electrons. The summed E-state index contributed by atoms with van der Waals surface area (Å²) < 4.78 is 1.61. The van der Waals surface area contributed by atoms with Crippen LogP contribution in [0.5, 0.6) is 0 Å². The van der Waals surface area contributed by atoms with Gasteiger partial charge in [-0.25, -0.2) is 0 Å². The number of benzene rings is 1. The summed E-state index contributed by atoms with van der Waals surface area (Å²) in [6.07, 6.45) is 1.51. The Morgan fingerprint density at radius 3 is 2.86 bits per heavy atom. The molecule has 0 bridgehead atoms. The molecule has 1 atom stereocenters. The highest BCUT2D eigenvalue weighted by Crippen LogP contribution is 2.24. The molecule has 2 rings (SSSR count). The van der Waals surface area contributed by atoms with Gasteiger partial charge in [0.25, 0.3) is 5.91 Å². The lowest BCUT2D eigenvalue weighted by Gasteiger charge is -2.26. The number of anilines is 1. The van der Waals surface area contributed by atoms with E-state index in [-0.39, 0.29) is 11.9 Å². The first-order valence-electron chi connectivity index (χ1n) is 6.79. The van der Waals surface area contributed by atoms with E-state index in [0.29, 0.717) is 22.9 Å². The molecule has 1 unspecified atom stereocenters. The second-order valence-corrected chi connectivity index (χ2v) is 5.35. The first-order valence-corrected chi connectivity index (χ1v) is 7.17. The van der Waals surface area contributed by atoms with Gasteiger partial charge in [0, 0.05) is 18.6 Å². The lowest BCUT2D eigenvalue weighted by molar-refractivity contribution is 0.0731. The molecule has 0 aliphatic rings. The number of aromatic nitrogens is 2. The van der Waals surface area contributed by atoms with Crippen LogP contribution in [0, 0.1) is 0 Å². The SMILES string of the molecule is CCn1ncc(N)c1C(=O)N(C)C(C)c1cccc(Cl)c1. The summed E-state index contributed by atoms with van der Waals surface area (Å²) in [5.74, 6) is -0.153. The summed E-state index contributed by atoms with van der Waals surface area (Å²) in [5.41, 5.74) is 7.66. The van der Waals surface area contributed by atoms with Gasteiger partial charge in [-0.15, -0.1) is 0 Å². The van der Waals surface area contributed by atoms with Crippen molar-refractivity contribution in [2.75, 3.05) is 12.8 Å². The fraction of sp³-hybridized carbons (Fsp3) is 0.333. The summed E-state index contributed by atoms with van der Waals surface area (Å²) >= 11 is 6.01. The lowest BCUT2D eigenvalue weighted by Crippen LogP contribution is -2.32. The zero-order valence-electron chi connectivity index (χ0n) is 12.4. The van der Waals surface area contributed by atoms with Gasteiger partial charge < -0.3 is 10.6 Å². The summed E-state index contributed by atoms with van der Waals surface area (Å²) in [6, 6.07) is 7.37. The van der Waals surface area contributed by atoms with Crippen molar-refractivity contribution in [2.24, 2.45) is 0 Å². The molecule has 0 saturated heterocycles. The first kappa shape index (κ1) is 15.4. The van der Waals surface area contributed by atoms with Gasteiger partial charge in [0.05, 0.1) is 17.9 Å². The van der Waals surface area contributed by atoms with Crippen LogP contribution in [0.3, 0.4) is 0 Å². The van der Waals surface area contributed by atoms with Crippen LogP contribution < -0.4 is 5.73 Å². The second-order valence-electron chi connectivity index (χ2n) is 4.91. The summed E-state index contributed by atoms with van der Waals surface area (Å²) in [5, 5.41) is 4.76. The molecule has 0 fully saturated rings. The van der Waals surface area contributed by atoms with Crippen molar-refractivity contribution < 1.29 is 4.79 Å². The highest BCUT2D eigenvalue weighted by Gasteiger charge is 2.24. The molecule has 6 heteroatoms. The molecule has 0 aliphatic heterocycles. The third kappa shape index (κ3) is 3.03. The average Bonchev–Trinajstić information content (AvgIpc) is 2.85. The molecular weight excluding hydrogens is 288 g/mol. The molecule has 0 saturated carbocycles. The van der Waals surface area contributed by atoms with Gasteiger partial charge in [0.1, 0.15) is 5.69 Å². The fourth-order valence-corrected chi connectivity index (χ4v) is 2.41. The number of nitrogens with zero attached hydrogens (tertiary/aromatic N) is 3. The van der Waals surface area contributed by atoms with Gasteiger partial charge in [-0.1, -0.05) is 23.7 Å². The van der Waals surface area contributed by atoms with E-state index in [2.05, 4.69) is 5.10 Å². The monoisotopic (exact) mass is 306 g/mol. The van der Waals surface area contributed by atoms with Gasteiger partial charge in [-0.3, -0.25) is 9.48 Å². The zero-order chi connectivity index (χ0) is 15.6. The predicted molar refractivity (Wildman–Crippen MR) is 84.3 cm³/mol. The van der Waals surface area contributed by atoms with Crippen LogP contribution in [0.15, 0.2) is 30.5 Å². The largest absolute Gasteiger partial charge is 0.396 e. The van der Waals surface area contributed by atoms with E-state index in [0.717, 1.165) is 5.56 Å². The van der Waals surface area contributed by atoms with Crippen molar-refractivity contribution in [3.8, 4) is 0 Å². The van der Waals surface area contributed by atoms with Crippen molar-refractivity contribution >= 4 is 23.2 Å². The Labute approximate surface area is 129 Å². The molecule has 1 aromatic heterocycles. The lowest BCUT2D eigenvalue weighted by atomic mass is 10.1. The quantitative estimate of drug-likeness (QED) is 0.944. The Morgan fingerprint density at radius 2 is 2.24 bits per heavy atom. The van der Waals surface area contributed by atoms with Gasteiger partial charge in [-0.05, 0) is 31.5 Å². The molecule has 0 spiro atoms. The van der Waals surface area contributed by atoms with Gasteiger partial charge >= 0.3 is 0 Å². The number of nitrogen functional groups attached to an aromatic ring is 1.